The van der Waals surface area contributed by atoms with Gasteiger partial charge in [0.25, 0.3) is 0 Å². The summed E-state index contributed by atoms with van der Waals surface area (Å²) in [4.78, 5) is 5.33. The van der Waals surface area contributed by atoms with E-state index in [1.807, 2.05) is 0 Å². The van der Waals surface area contributed by atoms with E-state index in [2.05, 4.69) is 30.8 Å². The van der Waals surface area contributed by atoms with E-state index in [1.54, 1.807) is 0 Å². The van der Waals surface area contributed by atoms with Crippen molar-refractivity contribution >= 4 is 0 Å². The average molecular weight is 290 g/mol. The van der Waals surface area contributed by atoms with Crippen LogP contribution in [0.2, 0.25) is 0 Å². The van der Waals surface area contributed by atoms with Gasteiger partial charge in [-0.15, -0.1) is 0 Å². The molecule has 0 heterocycles. The smallest absolute Gasteiger partial charge is 0.107 e. The maximum absolute atomic E-state index is 8.31. The first-order valence-corrected chi connectivity index (χ1v) is 8.40. The van der Waals surface area contributed by atoms with Gasteiger partial charge in [-0.25, -0.2) is 5.26 Å². The minimum absolute atomic E-state index is 0.310. The molecule has 0 fully saturated rings. The molecule has 0 aromatic heterocycles. The second kappa shape index (κ2) is 13.8. The molecule has 20 heavy (non-hydrogen) atoms. The fraction of sp³-hybridized carbons (Fsp3) is 1.00. The van der Waals surface area contributed by atoms with Crippen LogP contribution < -0.4 is 0 Å². The Morgan fingerprint density at radius 3 is 1.75 bits per heavy atom. The van der Waals surface area contributed by atoms with Crippen LogP contribution in [-0.4, -0.2) is 10.9 Å². The van der Waals surface area contributed by atoms with Gasteiger partial charge >= 0.3 is 0 Å². The maximum Gasteiger partial charge on any atom is 0.107 e. The van der Waals surface area contributed by atoms with Crippen LogP contribution in [0.25, 0.3) is 0 Å². The number of rotatable bonds is 15. The Bertz CT molecular complexity index is 191. The second-order valence-corrected chi connectivity index (χ2v) is 5.78. The molecule has 0 rings (SSSR count). The summed E-state index contributed by atoms with van der Waals surface area (Å²) in [7, 11) is 0. The number of hydrogen-bond donors (Lipinski definition) is 1. The Labute approximate surface area is 124 Å². The molecule has 0 atom stereocenters. The lowest BCUT2D eigenvalue weighted by Crippen LogP contribution is -2.32. The van der Waals surface area contributed by atoms with Gasteiger partial charge in [0.05, 0.1) is 0 Å². The highest BCUT2D eigenvalue weighted by Gasteiger charge is 2.31. The van der Waals surface area contributed by atoms with Crippen LogP contribution in [0.15, 0.2) is 0 Å². The van der Waals surface area contributed by atoms with Crippen molar-refractivity contribution in [1.29, 1.82) is 0 Å². The van der Waals surface area contributed by atoms with E-state index in [-0.39, 0.29) is 5.60 Å². The lowest BCUT2D eigenvalue weighted by atomic mass is 9.87. The van der Waals surface area contributed by atoms with Crippen molar-refractivity contribution in [3.63, 3.8) is 0 Å². The molecule has 0 bridgehead atoms. The first-order chi connectivity index (χ1) is 9.74. The van der Waals surface area contributed by atoms with Gasteiger partial charge < -0.3 is 0 Å². The molecule has 0 aliphatic rings. The largest absolute Gasteiger partial charge is 0.219 e. The predicted octanol–water partition coefficient (Wildman–Crippen LogP) is 5.82. The summed E-state index contributed by atoms with van der Waals surface area (Å²) < 4.78 is 0. The Kier molecular flexibility index (Phi) is 13.7. The second-order valence-electron chi connectivity index (χ2n) is 5.78. The molecule has 4 nitrogen and oxygen atoms in total. The summed E-state index contributed by atoms with van der Waals surface area (Å²) in [5.74, 6) is 0. The molecule has 0 amide bonds. The van der Waals surface area contributed by atoms with Crippen molar-refractivity contribution in [2.75, 3.05) is 0 Å². The first-order valence-electron chi connectivity index (χ1n) is 8.40. The number of hydrogen-bond acceptors (Lipinski definition) is 4. The van der Waals surface area contributed by atoms with Gasteiger partial charge in [-0.1, -0.05) is 78.6 Å². The topological polar surface area (TPSA) is 47.9 Å². The Morgan fingerprint density at radius 1 is 0.700 bits per heavy atom. The van der Waals surface area contributed by atoms with Gasteiger partial charge in [-0.2, -0.15) is 4.89 Å². The third kappa shape index (κ3) is 9.70. The van der Waals surface area contributed by atoms with E-state index in [4.69, 9.17) is 10.1 Å². The van der Waals surface area contributed by atoms with Crippen LogP contribution in [0, 0.1) is 0 Å². The van der Waals surface area contributed by atoms with Gasteiger partial charge in [0, 0.05) is 0 Å². The highest BCUT2D eigenvalue weighted by molar-refractivity contribution is 4.78. The van der Waals surface area contributed by atoms with Crippen LogP contribution in [0.1, 0.15) is 97.8 Å². The molecule has 0 aromatic rings. The zero-order valence-corrected chi connectivity index (χ0v) is 13.7. The average Bonchev–Trinajstić information content (AvgIpc) is 2.45. The standard InChI is InChI=1S/C16H34O4/c1-4-7-8-9-10-11-12-15-16(13-5-2,14-6-3)18-20-19-17/h17H,4-15H2,1-3H3. The molecule has 0 saturated heterocycles. The third-order valence-electron chi connectivity index (χ3n) is 3.89. The predicted molar refractivity (Wildman–Crippen MR) is 81.0 cm³/mol. The molecule has 0 unspecified atom stereocenters. The van der Waals surface area contributed by atoms with Crippen molar-refractivity contribution in [3.05, 3.63) is 0 Å². The summed E-state index contributed by atoms with van der Waals surface area (Å²) in [6.45, 7) is 6.51. The zero-order chi connectivity index (χ0) is 15.1. The molecule has 0 spiro atoms. The fourth-order valence-electron chi connectivity index (χ4n) is 2.90. The molecule has 0 aliphatic heterocycles. The van der Waals surface area contributed by atoms with Crippen LogP contribution in [0.3, 0.4) is 0 Å². The third-order valence-corrected chi connectivity index (χ3v) is 3.89. The van der Waals surface area contributed by atoms with Crippen molar-refractivity contribution < 1.29 is 20.2 Å². The highest BCUT2D eigenvalue weighted by Crippen LogP contribution is 2.31. The molecule has 0 radical (unpaired) electrons. The SMILES string of the molecule is CCCCCCCCCC(CCC)(CCC)OOOO. The molecule has 0 aliphatic carbocycles. The fourth-order valence-corrected chi connectivity index (χ4v) is 2.90. The van der Waals surface area contributed by atoms with Crippen molar-refractivity contribution in [1.82, 2.24) is 0 Å². The summed E-state index contributed by atoms with van der Waals surface area (Å²) in [5, 5.41) is 16.3. The van der Waals surface area contributed by atoms with Crippen LogP contribution in [0.4, 0.5) is 0 Å². The van der Waals surface area contributed by atoms with E-state index < -0.39 is 0 Å². The highest BCUT2D eigenvalue weighted by atomic mass is 17.6. The molecule has 0 saturated carbocycles. The molecule has 0 aromatic carbocycles. The molecule has 122 valence electrons. The Balaban J connectivity index is 3.99. The van der Waals surface area contributed by atoms with Crippen LogP contribution >= 0.6 is 0 Å². The van der Waals surface area contributed by atoms with E-state index in [1.165, 1.54) is 38.5 Å². The Morgan fingerprint density at radius 2 is 1.25 bits per heavy atom. The lowest BCUT2D eigenvalue weighted by Gasteiger charge is -2.30. The van der Waals surface area contributed by atoms with Gasteiger partial charge in [0.15, 0.2) is 0 Å². The normalized spacial score (nSPS) is 12.0. The summed E-state index contributed by atoms with van der Waals surface area (Å²) in [6.07, 6.45) is 13.9. The van der Waals surface area contributed by atoms with Gasteiger partial charge in [-0.3, -0.25) is 0 Å². The van der Waals surface area contributed by atoms with Crippen molar-refractivity contribution in [3.8, 4) is 0 Å². The summed E-state index contributed by atoms with van der Waals surface area (Å²) in [5.41, 5.74) is -0.310. The maximum atomic E-state index is 8.31. The Hall–Kier alpha value is -0.160. The number of unbranched alkanes of at least 4 members (excludes halogenated alkanes) is 6. The van der Waals surface area contributed by atoms with Crippen LogP contribution in [-0.2, 0) is 15.0 Å². The van der Waals surface area contributed by atoms with E-state index in [0.717, 1.165) is 38.5 Å². The molecule has 1 N–H and O–H groups in total. The van der Waals surface area contributed by atoms with Gasteiger partial charge in [-0.05, 0) is 29.3 Å². The van der Waals surface area contributed by atoms with Crippen molar-refractivity contribution in [2.45, 2.75) is 103 Å². The van der Waals surface area contributed by atoms with Crippen LogP contribution in [0.5, 0.6) is 0 Å². The first kappa shape index (κ1) is 19.8. The minimum atomic E-state index is -0.310. The quantitative estimate of drug-likeness (QED) is 0.234. The van der Waals surface area contributed by atoms with Crippen molar-refractivity contribution in [2.24, 2.45) is 0 Å². The minimum Gasteiger partial charge on any atom is -0.219 e. The molecular formula is C16H34O4. The monoisotopic (exact) mass is 290 g/mol. The van der Waals surface area contributed by atoms with Gasteiger partial charge in [0.2, 0.25) is 0 Å². The van der Waals surface area contributed by atoms with Gasteiger partial charge in [0.1, 0.15) is 5.60 Å². The molecular weight excluding hydrogens is 256 g/mol. The molecule has 4 heteroatoms. The van der Waals surface area contributed by atoms with E-state index >= 15 is 0 Å². The van der Waals surface area contributed by atoms with E-state index in [9.17, 15) is 0 Å². The zero-order valence-electron chi connectivity index (χ0n) is 13.7. The lowest BCUT2D eigenvalue weighted by molar-refractivity contribution is -0.643. The van der Waals surface area contributed by atoms with E-state index in [0.29, 0.717) is 0 Å². The summed E-state index contributed by atoms with van der Waals surface area (Å²) >= 11 is 0. The summed E-state index contributed by atoms with van der Waals surface area (Å²) in [6, 6.07) is 0.